The number of pyridine rings is 1. The maximum atomic E-state index is 13.5. The van der Waals surface area contributed by atoms with Crippen molar-refractivity contribution in [2.75, 3.05) is 23.1 Å². The van der Waals surface area contributed by atoms with Crippen LogP contribution in [0.1, 0.15) is 15.9 Å². The van der Waals surface area contributed by atoms with Gasteiger partial charge in [0.1, 0.15) is 11.4 Å². The van der Waals surface area contributed by atoms with E-state index < -0.39 is 5.97 Å². The number of anilines is 2. The number of thioether (sulfide) groups is 1. The van der Waals surface area contributed by atoms with E-state index in [9.17, 15) is 19.5 Å². The van der Waals surface area contributed by atoms with Gasteiger partial charge < -0.3 is 15.2 Å². The number of carboxylic acids is 1. The van der Waals surface area contributed by atoms with Gasteiger partial charge in [-0.3, -0.25) is 14.5 Å². The number of hydrogen-bond donors (Lipinski definition) is 2. The Labute approximate surface area is 262 Å². The predicted molar refractivity (Wildman–Crippen MR) is 178 cm³/mol. The van der Waals surface area contributed by atoms with Crippen molar-refractivity contribution in [1.29, 1.82) is 0 Å². The zero-order valence-electron chi connectivity index (χ0n) is 24.0. The van der Waals surface area contributed by atoms with Gasteiger partial charge in [-0.05, 0) is 48.5 Å². The number of fused-ring (bicyclic) bond motifs is 1. The first kappa shape index (κ1) is 29.3. The Hall–Kier alpha value is -5.74. The lowest BCUT2D eigenvalue weighted by atomic mass is 10.0. The Bertz CT molecular complexity index is 1990. The fourth-order valence-corrected chi connectivity index (χ4v) is 5.70. The number of ether oxygens (including phenoxy) is 1. The summed E-state index contributed by atoms with van der Waals surface area (Å²) in [5, 5.41) is 13.5. The van der Waals surface area contributed by atoms with Crippen molar-refractivity contribution in [1.82, 2.24) is 4.98 Å². The number of carbonyl (C=O) groups excluding carboxylic acids is 2. The van der Waals surface area contributed by atoms with Gasteiger partial charge in [-0.2, -0.15) is 0 Å². The quantitative estimate of drug-likeness (QED) is 0.186. The van der Waals surface area contributed by atoms with Crippen molar-refractivity contribution < 1.29 is 24.2 Å². The Morgan fingerprint density at radius 3 is 2.40 bits per heavy atom. The topological polar surface area (TPSA) is 121 Å². The molecule has 0 bridgehead atoms. The number of nitrogens with zero attached hydrogens (tertiary/aromatic N) is 3. The summed E-state index contributed by atoms with van der Waals surface area (Å²) in [6, 6.07) is 32.2. The summed E-state index contributed by atoms with van der Waals surface area (Å²) in [7, 11) is 1.57. The van der Waals surface area contributed by atoms with E-state index in [1.54, 1.807) is 61.7 Å². The maximum absolute atomic E-state index is 13.5. The van der Waals surface area contributed by atoms with E-state index in [0.717, 1.165) is 11.8 Å². The molecule has 10 heteroatoms. The van der Waals surface area contributed by atoms with Crippen LogP contribution in [0.2, 0.25) is 0 Å². The summed E-state index contributed by atoms with van der Waals surface area (Å²) in [5.74, 6) is -0.996. The van der Waals surface area contributed by atoms with Crippen molar-refractivity contribution in [3.63, 3.8) is 0 Å². The van der Waals surface area contributed by atoms with Gasteiger partial charge in [-0.1, -0.05) is 78.5 Å². The van der Waals surface area contributed by atoms with E-state index in [0.29, 0.717) is 50.0 Å². The SMILES string of the molecule is COc1ccccc1/C=C1\N=C(SCC(=O)Nc2ccc(-c3cc(C(=O)O)c4ccccc4n3)cc2)N(c2ccccc2)C1=O. The molecule has 2 N–H and O–H groups in total. The summed E-state index contributed by atoms with van der Waals surface area (Å²) in [6.45, 7) is 0. The fraction of sp³-hybridized carbons (Fsp3) is 0.0571. The van der Waals surface area contributed by atoms with Crippen LogP contribution in [0.5, 0.6) is 5.75 Å². The summed E-state index contributed by atoms with van der Waals surface area (Å²) in [5.41, 5.74) is 4.13. The highest BCUT2D eigenvalue weighted by Gasteiger charge is 2.32. The summed E-state index contributed by atoms with van der Waals surface area (Å²) < 4.78 is 5.43. The zero-order valence-corrected chi connectivity index (χ0v) is 24.8. The van der Waals surface area contributed by atoms with Gasteiger partial charge >= 0.3 is 5.97 Å². The summed E-state index contributed by atoms with van der Waals surface area (Å²) >= 11 is 1.15. The van der Waals surface area contributed by atoms with E-state index in [4.69, 9.17) is 4.74 Å². The maximum Gasteiger partial charge on any atom is 0.336 e. The van der Waals surface area contributed by atoms with Gasteiger partial charge in [0.15, 0.2) is 5.17 Å². The molecule has 2 amide bonds. The van der Waals surface area contributed by atoms with Gasteiger partial charge in [-0.15, -0.1) is 0 Å². The van der Waals surface area contributed by atoms with Crippen LogP contribution in [0.3, 0.4) is 0 Å². The van der Waals surface area contributed by atoms with E-state index in [2.05, 4.69) is 15.3 Å². The second-order valence-corrected chi connectivity index (χ2v) is 10.9. The van der Waals surface area contributed by atoms with Gasteiger partial charge in [0, 0.05) is 22.2 Å². The molecular weight excluding hydrogens is 588 g/mol. The number of rotatable bonds is 8. The van der Waals surface area contributed by atoms with Crippen molar-refractivity contribution in [2.45, 2.75) is 0 Å². The fourth-order valence-electron chi connectivity index (χ4n) is 4.88. The molecule has 0 spiro atoms. The van der Waals surface area contributed by atoms with E-state index in [-0.39, 0.29) is 28.8 Å². The number of carbonyl (C=O) groups is 3. The molecular formula is C35H26N4O5S. The lowest BCUT2D eigenvalue weighted by Gasteiger charge is -2.17. The summed E-state index contributed by atoms with van der Waals surface area (Å²) in [6.07, 6.45) is 1.68. The smallest absolute Gasteiger partial charge is 0.336 e. The molecule has 0 atom stereocenters. The first-order valence-electron chi connectivity index (χ1n) is 13.9. The van der Waals surface area contributed by atoms with E-state index in [1.807, 2.05) is 60.7 Å². The molecule has 222 valence electrons. The molecule has 0 unspecified atom stereocenters. The largest absolute Gasteiger partial charge is 0.496 e. The average Bonchev–Trinajstić information content (AvgIpc) is 3.38. The summed E-state index contributed by atoms with van der Waals surface area (Å²) in [4.78, 5) is 49.0. The molecule has 0 fully saturated rings. The van der Waals surface area contributed by atoms with Crippen LogP contribution in [0.15, 0.2) is 120 Å². The minimum absolute atomic E-state index is 0.00728. The van der Waals surface area contributed by atoms with Gasteiger partial charge in [0.05, 0.1) is 35.3 Å². The Balaban J connectivity index is 1.18. The lowest BCUT2D eigenvalue weighted by molar-refractivity contribution is -0.114. The number of aromatic carboxylic acids is 1. The van der Waals surface area contributed by atoms with Gasteiger partial charge in [0.2, 0.25) is 5.91 Å². The highest BCUT2D eigenvalue weighted by atomic mass is 32.2. The molecule has 6 rings (SSSR count). The van der Waals surface area contributed by atoms with E-state index in [1.165, 1.54) is 4.90 Å². The minimum atomic E-state index is -1.03. The Morgan fingerprint density at radius 1 is 0.933 bits per heavy atom. The molecule has 2 heterocycles. The molecule has 1 aliphatic heterocycles. The van der Waals surface area contributed by atoms with E-state index >= 15 is 0 Å². The molecule has 0 saturated heterocycles. The second-order valence-electron chi connectivity index (χ2n) is 9.93. The third kappa shape index (κ3) is 6.31. The highest BCUT2D eigenvalue weighted by Crippen LogP contribution is 2.31. The first-order chi connectivity index (χ1) is 21.9. The highest BCUT2D eigenvalue weighted by molar-refractivity contribution is 8.14. The van der Waals surface area contributed by atoms with Crippen LogP contribution in [0.4, 0.5) is 11.4 Å². The van der Waals surface area contributed by atoms with Crippen LogP contribution in [0.25, 0.3) is 28.2 Å². The van der Waals surface area contributed by atoms with Crippen molar-refractivity contribution >= 4 is 63.1 Å². The lowest BCUT2D eigenvalue weighted by Crippen LogP contribution is -2.31. The predicted octanol–water partition coefficient (Wildman–Crippen LogP) is 6.72. The number of amidine groups is 1. The normalized spacial score (nSPS) is 13.6. The number of benzene rings is 4. The van der Waals surface area contributed by atoms with Crippen molar-refractivity contribution in [3.05, 3.63) is 126 Å². The average molecular weight is 615 g/mol. The van der Waals surface area contributed by atoms with Crippen LogP contribution in [-0.2, 0) is 9.59 Å². The minimum Gasteiger partial charge on any atom is -0.496 e. The zero-order chi connectivity index (χ0) is 31.3. The molecule has 9 nitrogen and oxygen atoms in total. The molecule has 1 aromatic heterocycles. The number of carboxylic acid groups (broad SMARTS) is 1. The van der Waals surface area contributed by atoms with Crippen LogP contribution < -0.4 is 15.0 Å². The monoisotopic (exact) mass is 614 g/mol. The van der Waals surface area contributed by atoms with Crippen molar-refractivity contribution in [3.8, 4) is 17.0 Å². The third-order valence-electron chi connectivity index (χ3n) is 7.02. The molecule has 45 heavy (non-hydrogen) atoms. The standard InChI is InChI=1S/C35H26N4O5S/c1-44-31-14-8-5-9-23(31)19-30-33(41)39(25-10-3-2-4-11-25)35(38-30)45-21-32(40)36-24-17-15-22(16-18-24)29-20-27(34(42)43)26-12-6-7-13-28(26)37-29/h2-20H,21H2,1H3,(H,36,40)(H,42,43)/b30-19-. The van der Waals surface area contributed by atoms with Gasteiger partial charge in [-0.25, -0.2) is 14.8 Å². The molecule has 1 aliphatic rings. The number of aromatic nitrogens is 1. The number of aliphatic imine (C=N–C) groups is 1. The third-order valence-corrected chi connectivity index (χ3v) is 7.96. The molecule has 5 aromatic rings. The molecule has 0 radical (unpaired) electrons. The van der Waals surface area contributed by atoms with Gasteiger partial charge in [0.25, 0.3) is 5.91 Å². The molecule has 0 saturated carbocycles. The first-order valence-corrected chi connectivity index (χ1v) is 14.9. The van der Waals surface area contributed by atoms with Crippen LogP contribution in [-0.4, -0.2) is 45.9 Å². The number of methoxy groups -OCH3 is 1. The van der Waals surface area contributed by atoms with Crippen LogP contribution >= 0.6 is 11.8 Å². The Kier molecular flexibility index (Phi) is 8.39. The Morgan fingerprint density at radius 2 is 1.64 bits per heavy atom. The second kappa shape index (κ2) is 12.9. The molecule has 4 aromatic carbocycles. The number of hydrogen-bond acceptors (Lipinski definition) is 7. The molecule has 0 aliphatic carbocycles. The van der Waals surface area contributed by atoms with Crippen molar-refractivity contribution in [2.24, 2.45) is 4.99 Å². The van der Waals surface area contributed by atoms with Crippen LogP contribution in [0, 0.1) is 0 Å². The number of para-hydroxylation sites is 3. The number of nitrogens with one attached hydrogen (secondary N) is 1. The number of amides is 2.